The number of amides is 1. The molecule has 4 rings (SSSR count). The molecule has 1 aliphatic heterocycles. The normalized spacial score (nSPS) is 13.6. The number of imidazole rings is 1. The lowest BCUT2D eigenvalue weighted by Gasteiger charge is -2.28. The fourth-order valence-electron chi connectivity index (χ4n) is 3.45. The zero-order valence-electron chi connectivity index (χ0n) is 14.9. The van der Waals surface area contributed by atoms with Gasteiger partial charge in [-0.25, -0.2) is 4.98 Å². The average molecular weight is 368 g/mol. The Morgan fingerprint density at radius 1 is 1.33 bits per heavy atom. The number of methoxy groups -OCH3 is 1. The number of para-hydroxylation sites is 1. The molecule has 8 nitrogen and oxygen atoms in total. The molecule has 0 radical (unpaired) electrons. The van der Waals surface area contributed by atoms with Gasteiger partial charge in [-0.15, -0.1) is 0 Å². The number of rotatable bonds is 4. The van der Waals surface area contributed by atoms with Crippen LogP contribution in [-0.4, -0.2) is 50.1 Å². The molecule has 0 fully saturated rings. The summed E-state index contributed by atoms with van der Waals surface area (Å²) in [5, 5.41) is 10.7. The van der Waals surface area contributed by atoms with Crippen molar-refractivity contribution in [1.29, 1.82) is 0 Å². The van der Waals surface area contributed by atoms with E-state index < -0.39 is 0 Å². The van der Waals surface area contributed by atoms with E-state index in [0.29, 0.717) is 43.7 Å². The van der Waals surface area contributed by atoms with E-state index in [9.17, 15) is 14.7 Å². The van der Waals surface area contributed by atoms with Crippen LogP contribution in [0.25, 0.3) is 10.9 Å². The van der Waals surface area contributed by atoms with E-state index in [1.807, 2.05) is 6.07 Å². The van der Waals surface area contributed by atoms with Crippen LogP contribution in [0.2, 0.25) is 0 Å². The molecule has 2 N–H and O–H groups in total. The second-order valence-electron chi connectivity index (χ2n) is 6.54. The summed E-state index contributed by atoms with van der Waals surface area (Å²) in [6.45, 7) is 1.58. The van der Waals surface area contributed by atoms with Crippen molar-refractivity contribution in [3.05, 3.63) is 47.7 Å². The number of hydrogen-bond donors (Lipinski definition) is 2. The number of aromatic nitrogens is 3. The molecule has 2 aromatic heterocycles. The Morgan fingerprint density at radius 2 is 2.19 bits per heavy atom. The van der Waals surface area contributed by atoms with Crippen molar-refractivity contribution < 1.29 is 19.4 Å². The molecule has 0 spiro atoms. The SMILES string of the molecule is COC(=O)CCc1cnc2n1CCN(C(=O)c1cc3cccc(O)c3[nH]1)C2. The molecular formula is C19H20N4O4. The maximum Gasteiger partial charge on any atom is 0.305 e. The van der Waals surface area contributed by atoms with Gasteiger partial charge in [0.25, 0.3) is 5.91 Å². The molecule has 3 aromatic rings. The van der Waals surface area contributed by atoms with Crippen molar-refractivity contribution in [3.63, 3.8) is 0 Å². The number of aromatic hydroxyl groups is 1. The lowest BCUT2D eigenvalue weighted by Crippen LogP contribution is -2.39. The van der Waals surface area contributed by atoms with Gasteiger partial charge < -0.3 is 24.3 Å². The predicted molar refractivity (Wildman–Crippen MR) is 97.3 cm³/mol. The molecule has 0 bridgehead atoms. The van der Waals surface area contributed by atoms with Crippen LogP contribution in [0.15, 0.2) is 30.5 Å². The van der Waals surface area contributed by atoms with Crippen LogP contribution in [0.5, 0.6) is 5.75 Å². The smallest absolute Gasteiger partial charge is 0.305 e. The molecule has 1 aromatic carbocycles. The summed E-state index contributed by atoms with van der Waals surface area (Å²) in [7, 11) is 1.38. The number of aromatic amines is 1. The minimum atomic E-state index is -0.250. The van der Waals surface area contributed by atoms with Crippen molar-refractivity contribution in [2.45, 2.75) is 25.9 Å². The number of carbonyl (C=O) groups excluding carboxylic acids is 2. The summed E-state index contributed by atoms with van der Waals surface area (Å²) < 4.78 is 6.74. The molecule has 140 valence electrons. The highest BCUT2D eigenvalue weighted by molar-refractivity contribution is 5.99. The number of carbonyl (C=O) groups is 2. The second-order valence-corrected chi connectivity index (χ2v) is 6.54. The van der Waals surface area contributed by atoms with Gasteiger partial charge in [0.1, 0.15) is 17.3 Å². The van der Waals surface area contributed by atoms with Crippen molar-refractivity contribution in [3.8, 4) is 5.75 Å². The molecular weight excluding hydrogens is 348 g/mol. The van der Waals surface area contributed by atoms with Crippen LogP contribution in [0.4, 0.5) is 0 Å². The molecule has 1 amide bonds. The zero-order chi connectivity index (χ0) is 19.0. The number of hydrogen-bond acceptors (Lipinski definition) is 5. The lowest BCUT2D eigenvalue weighted by atomic mass is 10.2. The highest BCUT2D eigenvalue weighted by Crippen LogP contribution is 2.25. The van der Waals surface area contributed by atoms with Crippen LogP contribution in [0.1, 0.15) is 28.4 Å². The molecule has 1 aliphatic rings. The van der Waals surface area contributed by atoms with Gasteiger partial charge in [-0.1, -0.05) is 12.1 Å². The number of aryl methyl sites for hydroxylation is 1. The van der Waals surface area contributed by atoms with Crippen molar-refractivity contribution in [2.75, 3.05) is 13.7 Å². The number of nitrogens with zero attached hydrogens (tertiary/aromatic N) is 3. The molecule has 0 saturated heterocycles. The van der Waals surface area contributed by atoms with E-state index in [-0.39, 0.29) is 17.6 Å². The fourth-order valence-corrected chi connectivity index (χ4v) is 3.45. The Hall–Kier alpha value is -3.29. The maximum atomic E-state index is 12.9. The molecule has 0 aliphatic carbocycles. The van der Waals surface area contributed by atoms with Gasteiger partial charge in [-0.05, 0) is 18.6 Å². The zero-order valence-corrected chi connectivity index (χ0v) is 14.9. The Morgan fingerprint density at radius 3 is 2.96 bits per heavy atom. The van der Waals surface area contributed by atoms with Crippen LogP contribution in [0.3, 0.4) is 0 Å². The summed E-state index contributed by atoms with van der Waals surface area (Å²) in [6, 6.07) is 6.92. The molecule has 27 heavy (non-hydrogen) atoms. The summed E-state index contributed by atoms with van der Waals surface area (Å²) in [5.41, 5.74) is 1.97. The summed E-state index contributed by atoms with van der Waals surface area (Å²) in [6.07, 6.45) is 2.63. The highest BCUT2D eigenvalue weighted by Gasteiger charge is 2.25. The third-order valence-electron chi connectivity index (χ3n) is 4.91. The number of H-pyrrole nitrogens is 1. The number of ether oxygens (including phenoxy) is 1. The van der Waals surface area contributed by atoms with Gasteiger partial charge in [0.05, 0.1) is 25.6 Å². The van der Waals surface area contributed by atoms with Crippen LogP contribution in [-0.2, 0) is 29.0 Å². The van der Waals surface area contributed by atoms with Crippen LogP contribution in [0, 0.1) is 0 Å². The Bertz CT molecular complexity index is 1020. The minimum Gasteiger partial charge on any atom is -0.506 e. The number of nitrogens with one attached hydrogen (secondary N) is 1. The molecule has 3 heterocycles. The third-order valence-corrected chi connectivity index (χ3v) is 4.91. The summed E-state index contributed by atoms with van der Waals surface area (Å²) in [5.74, 6) is 0.542. The molecule has 0 atom stereocenters. The Labute approximate surface area is 155 Å². The lowest BCUT2D eigenvalue weighted by molar-refractivity contribution is -0.140. The third kappa shape index (κ3) is 3.14. The summed E-state index contributed by atoms with van der Waals surface area (Å²) in [4.78, 5) is 33.4. The second kappa shape index (κ2) is 6.79. The van der Waals surface area contributed by atoms with Crippen LogP contribution >= 0.6 is 0 Å². The van der Waals surface area contributed by atoms with E-state index in [1.54, 1.807) is 29.3 Å². The van der Waals surface area contributed by atoms with Gasteiger partial charge in [0, 0.05) is 30.4 Å². The topological polar surface area (TPSA) is 100 Å². The summed E-state index contributed by atoms with van der Waals surface area (Å²) >= 11 is 0. The molecule has 0 unspecified atom stereocenters. The Kier molecular flexibility index (Phi) is 4.31. The standard InChI is InChI=1S/C19H20N4O4/c1-27-17(25)6-5-13-10-20-16-11-22(7-8-23(13)16)19(26)14-9-12-3-2-4-15(24)18(12)21-14/h2-4,9-10,21,24H,5-8,11H2,1H3. The number of fused-ring (bicyclic) bond motifs is 2. The fraction of sp³-hybridized carbons (Fsp3) is 0.316. The minimum absolute atomic E-state index is 0.121. The van der Waals surface area contributed by atoms with E-state index in [1.165, 1.54) is 7.11 Å². The number of esters is 1. The Balaban J connectivity index is 1.50. The average Bonchev–Trinajstić information content (AvgIpc) is 3.30. The number of benzene rings is 1. The highest BCUT2D eigenvalue weighted by atomic mass is 16.5. The first-order chi connectivity index (χ1) is 13.1. The number of phenolic OH excluding ortho intramolecular Hbond substituents is 1. The van der Waals surface area contributed by atoms with Crippen LogP contribution < -0.4 is 0 Å². The van der Waals surface area contributed by atoms with E-state index in [4.69, 9.17) is 0 Å². The molecule has 8 heteroatoms. The maximum absolute atomic E-state index is 12.9. The van der Waals surface area contributed by atoms with E-state index in [2.05, 4.69) is 19.3 Å². The van der Waals surface area contributed by atoms with E-state index >= 15 is 0 Å². The van der Waals surface area contributed by atoms with Crippen molar-refractivity contribution in [2.24, 2.45) is 0 Å². The van der Waals surface area contributed by atoms with Crippen molar-refractivity contribution in [1.82, 2.24) is 19.4 Å². The van der Waals surface area contributed by atoms with Crippen molar-refractivity contribution >= 4 is 22.8 Å². The van der Waals surface area contributed by atoms with Gasteiger partial charge in [-0.2, -0.15) is 0 Å². The van der Waals surface area contributed by atoms with Gasteiger partial charge in [0.15, 0.2) is 0 Å². The largest absolute Gasteiger partial charge is 0.506 e. The monoisotopic (exact) mass is 368 g/mol. The van der Waals surface area contributed by atoms with E-state index in [0.717, 1.165) is 16.9 Å². The van der Waals surface area contributed by atoms with Gasteiger partial charge in [-0.3, -0.25) is 9.59 Å². The first-order valence-electron chi connectivity index (χ1n) is 8.77. The first kappa shape index (κ1) is 17.1. The molecule has 0 saturated carbocycles. The quantitative estimate of drug-likeness (QED) is 0.685. The predicted octanol–water partition coefficient (Wildman–Crippen LogP) is 1.83. The van der Waals surface area contributed by atoms with Gasteiger partial charge >= 0.3 is 5.97 Å². The first-order valence-corrected chi connectivity index (χ1v) is 8.77. The number of phenols is 1. The van der Waals surface area contributed by atoms with Gasteiger partial charge in [0.2, 0.25) is 0 Å².